The molecule has 23 heavy (non-hydrogen) atoms. The summed E-state index contributed by atoms with van der Waals surface area (Å²) in [5.74, 6) is -0.269. The monoisotopic (exact) mass is 316 g/mol. The van der Waals surface area contributed by atoms with E-state index in [1.54, 1.807) is 12.1 Å². The molecule has 0 radical (unpaired) electrons. The van der Waals surface area contributed by atoms with Crippen molar-refractivity contribution in [3.63, 3.8) is 0 Å². The molecule has 0 aliphatic heterocycles. The zero-order valence-electron chi connectivity index (χ0n) is 12.9. The number of hydrogen-bond donors (Lipinski definition) is 1. The molecular formula is C17H20N2O4. The smallest absolute Gasteiger partial charge is 0.309 e. The molecule has 1 amide bonds. The number of nitrogens with one attached hydrogen (secondary N) is 1. The quantitative estimate of drug-likeness (QED) is 0.777. The molecule has 1 fully saturated rings. The Balaban J connectivity index is 1.64. The van der Waals surface area contributed by atoms with Gasteiger partial charge in [0.1, 0.15) is 11.3 Å². The van der Waals surface area contributed by atoms with Crippen molar-refractivity contribution in [2.45, 2.75) is 37.6 Å². The van der Waals surface area contributed by atoms with Gasteiger partial charge in [-0.05, 0) is 37.8 Å². The molecule has 2 rings (SSSR count). The summed E-state index contributed by atoms with van der Waals surface area (Å²) >= 11 is 0. The van der Waals surface area contributed by atoms with E-state index in [2.05, 4.69) is 11.4 Å². The van der Waals surface area contributed by atoms with Crippen molar-refractivity contribution >= 4 is 11.9 Å². The standard InChI is InChI=1S/C17H20N2O4/c18-13-17(9-4-5-10-17)19-15(20)12-23-16(21)8-11-22-14-6-2-1-3-7-14/h1-3,6-7H,4-5,8-12H2,(H,19,20). The lowest BCUT2D eigenvalue weighted by Gasteiger charge is -2.21. The van der Waals surface area contributed by atoms with Gasteiger partial charge in [-0.3, -0.25) is 9.59 Å². The van der Waals surface area contributed by atoms with E-state index in [4.69, 9.17) is 9.47 Å². The van der Waals surface area contributed by atoms with Gasteiger partial charge in [0.05, 0.1) is 19.1 Å². The summed E-state index contributed by atoms with van der Waals surface area (Å²) in [4.78, 5) is 23.4. The maximum atomic E-state index is 11.8. The second-order valence-electron chi connectivity index (χ2n) is 5.52. The van der Waals surface area contributed by atoms with Crippen molar-refractivity contribution < 1.29 is 19.1 Å². The van der Waals surface area contributed by atoms with E-state index < -0.39 is 17.4 Å². The molecule has 1 aromatic carbocycles. The number of carbonyl (C=O) groups excluding carboxylic acids is 2. The first-order chi connectivity index (χ1) is 11.1. The summed E-state index contributed by atoms with van der Waals surface area (Å²) in [5.41, 5.74) is -0.792. The average Bonchev–Trinajstić information content (AvgIpc) is 3.03. The molecule has 1 saturated carbocycles. The average molecular weight is 316 g/mol. The van der Waals surface area contributed by atoms with Gasteiger partial charge in [-0.2, -0.15) is 5.26 Å². The molecule has 0 spiro atoms. The molecule has 0 saturated heterocycles. The Morgan fingerprint density at radius 3 is 2.57 bits per heavy atom. The van der Waals surface area contributed by atoms with Crippen molar-refractivity contribution in [2.24, 2.45) is 0 Å². The third-order valence-corrected chi connectivity index (χ3v) is 3.73. The van der Waals surface area contributed by atoms with Crippen LogP contribution in [-0.2, 0) is 14.3 Å². The summed E-state index contributed by atoms with van der Waals surface area (Å²) in [6.45, 7) is -0.180. The Bertz CT molecular complexity index is 574. The number of hydrogen-bond acceptors (Lipinski definition) is 5. The van der Waals surface area contributed by atoms with Gasteiger partial charge in [0.2, 0.25) is 0 Å². The molecule has 0 unspecified atom stereocenters. The van der Waals surface area contributed by atoms with Crippen molar-refractivity contribution in [1.82, 2.24) is 5.32 Å². The highest BCUT2D eigenvalue weighted by Gasteiger charge is 2.35. The third kappa shape index (κ3) is 5.29. The number of para-hydroxylation sites is 1. The summed E-state index contributed by atoms with van der Waals surface area (Å²) < 4.78 is 10.3. The van der Waals surface area contributed by atoms with Crippen LogP contribution in [0.3, 0.4) is 0 Å². The molecule has 1 N–H and O–H groups in total. The number of nitriles is 1. The first kappa shape index (κ1) is 16.8. The van der Waals surface area contributed by atoms with E-state index in [0.717, 1.165) is 12.8 Å². The number of esters is 1. The van der Waals surface area contributed by atoms with Crippen LogP contribution in [-0.4, -0.2) is 30.6 Å². The molecule has 122 valence electrons. The summed E-state index contributed by atoms with van der Waals surface area (Å²) in [7, 11) is 0. The minimum atomic E-state index is -0.792. The van der Waals surface area contributed by atoms with Gasteiger partial charge >= 0.3 is 5.97 Å². The van der Waals surface area contributed by atoms with Gasteiger partial charge in [-0.1, -0.05) is 18.2 Å². The topological polar surface area (TPSA) is 88.4 Å². The lowest BCUT2D eigenvalue weighted by atomic mass is 10.00. The Kier molecular flexibility index (Phi) is 5.98. The minimum absolute atomic E-state index is 0.0611. The van der Waals surface area contributed by atoms with Crippen LogP contribution in [0.1, 0.15) is 32.1 Å². The van der Waals surface area contributed by atoms with E-state index in [1.165, 1.54) is 0 Å². The normalized spacial score (nSPS) is 15.4. The van der Waals surface area contributed by atoms with E-state index in [-0.39, 0.29) is 19.6 Å². The van der Waals surface area contributed by atoms with Crippen LogP contribution in [0, 0.1) is 11.3 Å². The summed E-state index contributed by atoms with van der Waals surface area (Å²) in [5, 5.41) is 11.8. The molecule has 6 nitrogen and oxygen atoms in total. The molecule has 1 aliphatic carbocycles. The number of benzene rings is 1. The van der Waals surface area contributed by atoms with Crippen LogP contribution in [0.25, 0.3) is 0 Å². The number of carbonyl (C=O) groups is 2. The number of rotatable bonds is 7. The zero-order chi connectivity index (χ0) is 16.5. The van der Waals surface area contributed by atoms with Gasteiger partial charge in [0.15, 0.2) is 6.61 Å². The van der Waals surface area contributed by atoms with Crippen LogP contribution in [0.4, 0.5) is 0 Å². The predicted molar refractivity (Wildman–Crippen MR) is 82.5 cm³/mol. The zero-order valence-corrected chi connectivity index (χ0v) is 12.9. The Morgan fingerprint density at radius 1 is 1.22 bits per heavy atom. The molecule has 1 aromatic rings. The second-order valence-corrected chi connectivity index (χ2v) is 5.52. The van der Waals surface area contributed by atoms with E-state index in [1.807, 2.05) is 18.2 Å². The van der Waals surface area contributed by atoms with Crippen molar-refractivity contribution in [1.29, 1.82) is 5.26 Å². The maximum Gasteiger partial charge on any atom is 0.309 e. The van der Waals surface area contributed by atoms with Crippen molar-refractivity contribution in [2.75, 3.05) is 13.2 Å². The predicted octanol–water partition coefficient (Wildman–Crippen LogP) is 1.95. The second kappa shape index (κ2) is 8.18. The highest BCUT2D eigenvalue weighted by atomic mass is 16.5. The van der Waals surface area contributed by atoms with Gasteiger partial charge in [-0.25, -0.2) is 0 Å². The van der Waals surface area contributed by atoms with Crippen LogP contribution in [0.15, 0.2) is 30.3 Å². The van der Waals surface area contributed by atoms with Gasteiger partial charge in [0, 0.05) is 0 Å². The lowest BCUT2D eigenvalue weighted by Crippen LogP contribution is -2.46. The molecule has 0 bridgehead atoms. The number of amides is 1. The third-order valence-electron chi connectivity index (χ3n) is 3.73. The largest absolute Gasteiger partial charge is 0.493 e. The lowest BCUT2D eigenvalue weighted by molar-refractivity contribution is -0.149. The van der Waals surface area contributed by atoms with Gasteiger partial charge < -0.3 is 14.8 Å². The fraction of sp³-hybridized carbons (Fsp3) is 0.471. The molecular weight excluding hydrogens is 296 g/mol. The first-order valence-corrected chi connectivity index (χ1v) is 7.69. The Labute approximate surface area is 135 Å². The fourth-order valence-corrected chi connectivity index (χ4v) is 2.53. The molecule has 0 heterocycles. The SMILES string of the molecule is N#CC1(NC(=O)COC(=O)CCOc2ccccc2)CCCC1. The number of nitrogens with zero attached hydrogens (tertiary/aromatic N) is 1. The Hall–Kier alpha value is -2.55. The van der Waals surface area contributed by atoms with Crippen LogP contribution in [0.2, 0.25) is 0 Å². The minimum Gasteiger partial charge on any atom is -0.493 e. The highest BCUT2D eigenvalue weighted by molar-refractivity contribution is 5.81. The maximum absolute atomic E-state index is 11.8. The summed E-state index contributed by atoms with van der Waals surface area (Å²) in [6, 6.07) is 11.3. The van der Waals surface area contributed by atoms with E-state index in [0.29, 0.717) is 18.6 Å². The molecule has 6 heteroatoms. The molecule has 1 aliphatic rings. The fourth-order valence-electron chi connectivity index (χ4n) is 2.53. The van der Waals surface area contributed by atoms with Gasteiger partial charge in [0.25, 0.3) is 5.91 Å². The highest BCUT2D eigenvalue weighted by Crippen LogP contribution is 2.28. The van der Waals surface area contributed by atoms with Crippen LogP contribution in [0.5, 0.6) is 5.75 Å². The van der Waals surface area contributed by atoms with Gasteiger partial charge in [-0.15, -0.1) is 0 Å². The van der Waals surface area contributed by atoms with Crippen LogP contribution < -0.4 is 10.1 Å². The molecule has 0 atom stereocenters. The number of ether oxygens (including phenoxy) is 2. The van der Waals surface area contributed by atoms with E-state index >= 15 is 0 Å². The van der Waals surface area contributed by atoms with Crippen molar-refractivity contribution in [3.05, 3.63) is 30.3 Å². The van der Waals surface area contributed by atoms with Crippen LogP contribution >= 0.6 is 0 Å². The molecule has 0 aromatic heterocycles. The summed E-state index contributed by atoms with van der Waals surface area (Å²) in [6.07, 6.45) is 3.20. The van der Waals surface area contributed by atoms with Crippen molar-refractivity contribution in [3.8, 4) is 11.8 Å². The van der Waals surface area contributed by atoms with E-state index in [9.17, 15) is 14.9 Å². The Morgan fingerprint density at radius 2 is 1.91 bits per heavy atom. The first-order valence-electron chi connectivity index (χ1n) is 7.69.